The van der Waals surface area contributed by atoms with E-state index in [9.17, 15) is 14.4 Å². The molecule has 7 heteroatoms. The first-order chi connectivity index (χ1) is 14.5. The molecule has 1 aliphatic rings. The number of carbonyl (C=O) groups is 3. The Labute approximate surface area is 182 Å². The van der Waals surface area contributed by atoms with E-state index in [0.717, 1.165) is 19.3 Å². The minimum atomic E-state index is -0.127. The molecule has 0 bridgehead atoms. The van der Waals surface area contributed by atoms with Gasteiger partial charge < -0.3 is 14.7 Å². The van der Waals surface area contributed by atoms with Crippen molar-refractivity contribution in [2.45, 2.75) is 32.2 Å². The summed E-state index contributed by atoms with van der Waals surface area (Å²) in [6.45, 7) is 4.05. The second kappa shape index (κ2) is 10.4. The van der Waals surface area contributed by atoms with E-state index < -0.39 is 0 Å². The maximum atomic E-state index is 13.0. The lowest BCUT2D eigenvalue weighted by Crippen LogP contribution is -2.51. The predicted octanol–water partition coefficient (Wildman–Crippen LogP) is 3.36. The van der Waals surface area contributed by atoms with Crippen LogP contribution in [-0.2, 0) is 4.79 Å². The average molecular weight is 428 g/mol. The summed E-state index contributed by atoms with van der Waals surface area (Å²) < 4.78 is 0. The van der Waals surface area contributed by atoms with Crippen LogP contribution in [0.15, 0.2) is 47.8 Å². The van der Waals surface area contributed by atoms with Crippen molar-refractivity contribution in [1.82, 2.24) is 14.7 Å². The second-order valence-electron chi connectivity index (χ2n) is 7.62. The first kappa shape index (κ1) is 22.0. The molecule has 0 radical (unpaired) electrons. The number of piperidine rings is 1. The molecular formula is C23H29N3O3S. The SMILES string of the molecule is CCCN(C(=O)CN(C)C(=O)c1cccs1)C1CCN(C(=O)c2ccccc2)CC1. The van der Waals surface area contributed by atoms with Crippen molar-refractivity contribution in [1.29, 1.82) is 0 Å². The van der Waals surface area contributed by atoms with Crippen molar-refractivity contribution in [2.75, 3.05) is 33.2 Å². The Morgan fingerprint density at radius 3 is 2.37 bits per heavy atom. The van der Waals surface area contributed by atoms with E-state index in [2.05, 4.69) is 6.92 Å². The van der Waals surface area contributed by atoms with Gasteiger partial charge >= 0.3 is 0 Å². The van der Waals surface area contributed by atoms with Gasteiger partial charge in [-0.05, 0) is 42.8 Å². The van der Waals surface area contributed by atoms with E-state index in [1.807, 2.05) is 51.6 Å². The van der Waals surface area contributed by atoms with Crippen LogP contribution in [0.5, 0.6) is 0 Å². The zero-order valence-corrected chi connectivity index (χ0v) is 18.4. The molecular weight excluding hydrogens is 398 g/mol. The lowest BCUT2D eigenvalue weighted by Gasteiger charge is -2.39. The third-order valence-corrected chi connectivity index (χ3v) is 6.31. The summed E-state index contributed by atoms with van der Waals surface area (Å²) in [4.78, 5) is 44.1. The number of likely N-dealkylation sites (N-methyl/N-ethyl adjacent to an activating group) is 1. The molecule has 1 aromatic heterocycles. The van der Waals surface area contributed by atoms with Crippen molar-refractivity contribution in [2.24, 2.45) is 0 Å². The molecule has 1 saturated heterocycles. The molecule has 3 amide bonds. The molecule has 0 saturated carbocycles. The Morgan fingerprint density at radius 1 is 1.07 bits per heavy atom. The first-order valence-corrected chi connectivity index (χ1v) is 11.3. The van der Waals surface area contributed by atoms with Gasteiger partial charge in [-0.3, -0.25) is 14.4 Å². The highest BCUT2D eigenvalue weighted by Crippen LogP contribution is 2.20. The number of carbonyl (C=O) groups excluding carboxylic acids is 3. The second-order valence-corrected chi connectivity index (χ2v) is 8.56. The van der Waals surface area contributed by atoms with Crippen LogP contribution in [0.2, 0.25) is 0 Å². The van der Waals surface area contributed by atoms with Gasteiger partial charge in [0.25, 0.3) is 11.8 Å². The highest BCUT2D eigenvalue weighted by Gasteiger charge is 2.30. The highest BCUT2D eigenvalue weighted by molar-refractivity contribution is 7.12. The molecule has 30 heavy (non-hydrogen) atoms. The maximum absolute atomic E-state index is 13.0. The third-order valence-electron chi connectivity index (χ3n) is 5.45. The van der Waals surface area contributed by atoms with Crippen LogP contribution in [-0.4, -0.2) is 71.7 Å². The van der Waals surface area contributed by atoms with Crippen LogP contribution in [0, 0.1) is 0 Å². The molecule has 1 aliphatic heterocycles. The maximum Gasteiger partial charge on any atom is 0.264 e. The van der Waals surface area contributed by atoms with Gasteiger partial charge in [0.05, 0.1) is 11.4 Å². The molecule has 6 nitrogen and oxygen atoms in total. The number of hydrogen-bond donors (Lipinski definition) is 0. The summed E-state index contributed by atoms with van der Waals surface area (Å²) in [5, 5.41) is 1.86. The van der Waals surface area contributed by atoms with E-state index in [1.165, 1.54) is 16.2 Å². The summed E-state index contributed by atoms with van der Waals surface area (Å²) in [5.41, 5.74) is 0.700. The van der Waals surface area contributed by atoms with Gasteiger partial charge in [-0.15, -0.1) is 11.3 Å². The van der Waals surface area contributed by atoms with Crippen molar-refractivity contribution in [3.8, 4) is 0 Å². The highest BCUT2D eigenvalue weighted by atomic mass is 32.1. The summed E-state index contributed by atoms with van der Waals surface area (Å²) >= 11 is 1.38. The fraction of sp³-hybridized carbons (Fsp3) is 0.435. The van der Waals surface area contributed by atoms with E-state index in [0.29, 0.717) is 30.1 Å². The molecule has 0 unspecified atom stereocenters. The number of rotatable bonds is 7. The molecule has 0 N–H and O–H groups in total. The lowest BCUT2D eigenvalue weighted by molar-refractivity contribution is -0.134. The fourth-order valence-electron chi connectivity index (χ4n) is 3.85. The van der Waals surface area contributed by atoms with Crippen molar-refractivity contribution in [3.63, 3.8) is 0 Å². The summed E-state index contributed by atoms with van der Waals surface area (Å²) in [6, 6.07) is 13.0. The van der Waals surface area contributed by atoms with Crippen molar-refractivity contribution < 1.29 is 14.4 Å². The molecule has 160 valence electrons. The van der Waals surface area contributed by atoms with Crippen LogP contribution < -0.4 is 0 Å². The summed E-state index contributed by atoms with van der Waals surface area (Å²) in [6.07, 6.45) is 2.37. The Balaban J connectivity index is 1.58. The fourth-order valence-corrected chi connectivity index (χ4v) is 4.57. The topological polar surface area (TPSA) is 60.9 Å². The van der Waals surface area contributed by atoms with Crippen LogP contribution >= 0.6 is 11.3 Å². The molecule has 3 rings (SSSR count). The summed E-state index contributed by atoms with van der Waals surface area (Å²) in [5.74, 6) is -0.112. The van der Waals surface area contributed by atoms with Gasteiger partial charge in [-0.25, -0.2) is 0 Å². The standard InChI is InChI=1S/C23H29N3O3S/c1-3-13-26(21(27)17-24(2)23(29)20-10-7-16-30-20)19-11-14-25(15-12-19)22(28)18-8-5-4-6-9-18/h4-10,16,19H,3,11-15,17H2,1-2H3. The zero-order valence-electron chi connectivity index (χ0n) is 17.6. The van der Waals surface area contributed by atoms with Crippen LogP contribution in [0.4, 0.5) is 0 Å². The van der Waals surface area contributed by atoms with Crippen LogP contribution in [0.25, 0.3) is 0 Å². The van der Waals surface area contributed by atoms with Gasteiger partial charge in [-0.2, -0.15) is 0 Å². The number of likely N-dealkylation sites (tertiary alicyclic amines) is 1. The van der Waals surface area contributed by atoms with Gasteiger partial charge in [0.2, 0.25) is 5.91 Å². The van der Waals surface area contributed by atoms with E-state index in [1.54, 1.807) is 13.1 Å². The van der Waals surface area contributed by atoms with Crippen molar-refractivity contribution in [3.05, 3.63) is 58.3 Å². The molecule has 1 fully saturated rings. The first-order valence-electron chi connectivity index (χ1n) is 10.4. The van der Waals surface area contributed by atoms with Gasteiger partial charge in [-0.1, -0.05) is 31.2 Å². The number of thiophene rings is 1. The van der Waals surface area contributed by atoms with E-state index in [-0.39, 0.29) is 30.3 Å². The Kier molecular flexibility index (Phi) is 7.63. The average Bonchev–Trinajstić information content (AvgIpc) is 3.32. The Hall–Kier alpha value is -2.67. The molecule has 0 spiro atoms. The number of amides is 3. The number of nitrogens with zero attached hydrogens (tertiary/aromatic N) is 3. The molecule has 0 aliphatic carbocycles. The third kappa shape index (κ3) is 5.27. The Bertz CT molecular complexity index is 846. The van der Waals surface area contributed by atoms with Gasteiger partial charge in [0.15, 0.2) is 0 Å². The van der Waals surface area contributed by atoms with Crippen LogP contribution in [0.3, 0.4) is 0 Å². The molecule has 1 aromatic carbocycles. The minimum Gasteiger partial charge on any atom is -0.338 e. The lowest BCUT2D eigenvalue weighted by atomic mass is 10.0. The number of benzene rings is 1. The monoisotopic (exact) mass is 427 g/mol. The van der Waals surface area contributed by atoms with Crippen LogP contribution in [0.1, 0.15) is 46.2 Å². The smallest absolute Gasteiger partial charge is 0.264 e. The normalized spacial score (nSPS) is 14.4. The Morgan fingerprint density at radius 2 is 1.77 bits per heavy atom. The predicted molar refractivity (Wildman–Crippen MR) is 119 cm³/mol. The van der Waals surface area contributed by atoms with Crippen molar-refractivity contribution >= 4 is 29.1 Å². The quantitative estimate of drug-likeness (QED) is 0.681. The van der Waals surface area contributed by atoms with E-state index >= 15 is 0 Å². The summed E-state index contributed by atoms with van der Waals surface area (Å²) in [7, 11) is 1.67. The molecule has 2 aromatic rings. The molecule has 2 heterocycles. The largest absolute Gasteiger partial charge is 0.338 e. The minimum absolute atomic E-state index is 0.0305. The van der Waals surface area contributed by atoms with E-state index in [4.69, 9.17) is 0 Å². The van der Waals surface area contributed by atoms with Gasteiger partial charge in [0.1, 0.15) is 0 Å². The molecule has 0 atom stereocenters. The van der Waals surface area contributed by atoms with Gasteiger partial charge in [0, 0.05) is 38.3 Å². The number of hydrogen-bond acceptors (Lipinski definition) is 4. The zero-order chi connectivity index (χ0) is 21.5.